The highest BCUT2D eigenvalue weighted by atomic mass is 19.1. The molecular formula is C26H25FN2O5. The van der Waals surface area contributed by atoms with E-state index in [2.05, 4.69) is 0 Å². The summed E-state index contributed by atoms with van der Waals surface area (Å²) in [6, 6.07) is 14.9. The topological polar surface area (TPSA) is 77.8 Å². The molecule has 1 saturated heterocycles. The quantitative estimate of drug-likeness (QED) is 0.390. The summed E-state index contributed by atoms with van der Waals surface area (Å²) >= 11 is 0. The molecule has 0 saturated carbocycles. The third kappa shape index (κ3) is 4.44. The molecule has 1 aromatic heterocycles. The van der Waals surface area contributed by atoms with Gasteiger partial charge in [-0.2, -0.15) is 0 Å². The Bertz CT molecular complexity index is 1270. The van der Waals surface area contributed by atoms with Gasteiger partial charge in [-0.15, -0.1) is 0 Å². The zero-order valence-corrected chi connectivity index (χ0v) is 19.2. The minimum Gasteiger partial charge on any atom is -0.495 e. The van der Waals surface area contributed by atoms with Crippen LogP contribution in [0.4, 0.5) is 10.1 Å². The average Bonchev–Trinajstić information content (AvgIpc) is 3.36. The minimum absolute atomic E-state index is 0.000837. The second-order valence-electron chi connectivity index (χ2n) is 8.21. The number of rotatable bonds is 7. The molecule has 0 unspecified atom stereocenters. The molecule has 1 aliphatic rings. The molecule has 2 aromatic carbocycles. The smallest absolute Gasteiger partial charge is 0.311 e. The van der Waals surface area contributed by atoms with Crippen LogP contribution in [0, 0.1) is 25.6 Å². The number of para-hydroxylation sites is 2. The van der Waals surface area contributed by atoms with Crippen LogP contribution in [-0.2, 0) is 14.3 Å². The van der Waals surface area contributed by atoms with Crippen molar-refractivity contribution in [2.75, 3.05) is 25.2 Å². The maximum Gasteiger partial charge on any atom is 0.311 e. The lowest BCUT2D eigenvalue weighted by Gasteiger charge is -2.19. The Morgan fingerprint density at radius 3 is 2.59 bits per heavy atom. The molecule has 176 valence electrons. The average molecular weight is 464 g/mol. The number of nitrogens with zero attached hydrogens (tertiary/aromatic N) is 2. The highest BCUT2D eigenvalue weighted by molar-refractivity contribution is 6.02. The van der Waals surface area contributed by atoms with Gasteiger partial charge in [0.1, 0.15) is 11.6 Å². The fourth-order valence-electron chi connectivity index (χ4n) is 4.34. The first-order chi connectivity index (χ1) is 16.3. The maximum absolute atomic E-state index is 13.7. The van der Waals surface area contributed by atoms with Crippen LogP contribution in [0.5, 0.6) is 5.75 Å². The van der Waals surface area contributed by atoms with E-state index in [1.165, 1.54) is 24.1 Å². The third-order valence-corrected chi connectivity index (χ3v) is 5.98. The first-order valence-corrected chi connectivity index (χ1v) is 10.9. The largest absolute Gasteiger partial charge is 0.495 e. The van der Waals surface area contributed by atoms with Gasteiger partial charge >= 0.3 is 5.97 Å². The zero-order chi connectivity index (χ0) is 24.4. The number of amides is 1. The molecule has 34 heavy (non-hydrogen) atoms. The Hall–Kier alpha value is -3.94. The number of Topliss-reactive ketones (excluding diaryl/α,β-unsaturated/α-hetero) is 1. The van der Waals surface area contributed by atoms with Crippen molar-refractivity contribution >= 4 is 23.3 Å². The normalized spacial score (nSPS) is 15.5. The Labute approximate surface area is 196 Å². The van der Waals surface area contributed by atoms with E-state index in [4.69, 9.17) is 9.47 Å². The molecule has 1 fully saturated rings. The molecule has 2 heterocycles. The van der Waals surface area contributed by atoms with E-state index >= 15 is 0 Å². The molecule has 0 N–H and O–H groups in total. The van der Waals surface area contributed by atoms with Crippen LogP contribution >= 0.6 is 0 Å². The second kappa shape index (κ2) is 9.51. The number of esters is 1. The van der Waals surface area contributed by atoms with Crippen LogP contribution < -0.4 is 9.64 Å². The predicted molar refractivity (Wildman–Crippen MR) is 124 cm³/mol. The molecule has 8 heteroatoms. The lowest BCUT2D eigenvalue weighted by Crippen LogP contribution is -2.27. The van der Waals surface area contributed by atoms with Crippen LogP contribution in [0.25, 0.3) is 5.69 Å². The summed E-state index contributed by atoms with van der Waals surface area (Å²) in [5.41, 5.74) is 2.97. The Morgan fingerprint density at radius 2 is 1.85 bits per heavy atom. The van der Waals surface area contributed by atoms with Crippen LogP contribution in [0.15, 0.2) is 54.6 Å². The summed E-state index contributed by atoms with van der Waals surface area (Å²) in [5, 5.41) is 0. The van der Waals surface area contributed by atoms with E-state index in [0.717, 1.165) is 5.69 Å². The van der Waals surface area contributed by atoms with Crippen molar-refractivity contribution in [1.82, 2.24) is 4.57 Å². The Kier molecular flexibility index (Phi) is 6.49. The number of aryl methyl sites for hydroxylation is 1. The molecule has 0 radical (unpaired) electrons. The Morgan fingerprint density at radius 1 is 1.09 bits per heavy atom. The zero-order valence-electron chi connectivity index (χ0n) is 19.2. The van der Waals surface area contributed by atoms with Gasteiger partial charge in [-0.25, -0.2) is 4.39 Å². The molecule has 0 bridgehead atoms. The number of halogens is 1. The van der Waals surface area contributed by atoms with E-state index in [9.17, 15) is 18.8 Å². The molecule has 3 aromatic rings. The molecule has 7 nitrogen and oxygen atoms in total. The summed E-state index contributed by atoms with van der Waals surface area (Å²) in [5.74, 6) is -1.69. The molecule has 1 aliphatic heterocycles. The number of hydrogen-bond acceptors (Lipinski definition) is 5. The summed E-state index contributed by atoms with van der Waals surface area (Å²) in [7, 11) is 1.52. The molecule has 1 amide bonds. The van der Waals surface area contributed by atoms with E-state index in [-0.39, 0.29) is 30.5 Å². The number of benzene rings is 2. The molecule has 0 spiro atoms. The van der Waals surface area contributed by atoms with Gasteiger partial charge in [0.2, 0.25) is 11.7 Å². The predicted octanol–water partition coefficient (Wildman–Crippen LogP) is 4.02. The van der Waals surface area contributed by atoms with Gasteiger partial charge in [-0.3, -0.25) is 14.4 Å². The highest BCUT2D eigenvalue weighted by Crippen LogP contribution is 2.33. The van der Waals surface area contributed by atoms with Crippen LogP contribution in [0.1, 0.15) is 28.2 Å². The lowest BCUT2D eigenvalue weighted by molar-refractivity contribution is -0.147. The summed E-state index contributed by atoms with van der Waals surface area (Å²) in [6.45, 7) is 3.29. The fourth-order valence-corrected chi connectivity index (χ4v) is 4.34. The number of ketones is 1. The first kappa shape index (κ1) is 23.2. The molecule has 4 rings (SSSR count). The number of carbonyl (C=O) groups is 3. The second-order valence-corrected chi connectivity index (χ2v) is 8.21. The van der Waals surface area contributed by atoms with E-state index in [1.807, 2.05) is 6.92 Å². The van der Waals surface area contributed by atoms with Crippen LogP contribution in [-0.4, -0.2) is 42.5 Å². The lowest BCUT2D eigenvalue weighted by atomic mass is 10.1. The van der Waals surface area contributed by atoms with Crippen molar-refractivity contribution in [2.45, 2.75) is 20.3 Å². The van der Waals surface area contributed by atoms with Crippen molar-refractivity contribution in [2.24, 2.45) is 5.92 Å². The number of methoxy groups -OCH3 is 1. The SMILES string of the molecule is COc1ccccc1N1C[C@H](C(=O)OCC(=O)c2cc(C)n(-c3cccc(F)c3)c2C)CC1=O. The van der Waals surface area contributed by atoms with Crippen molar-refractivity contribution in [3.8, 4) is 11.4 Å². The van der Waals surface area contributed by atoms with Crippen molar-refractivity contribution in [3.63, 3.8) is 0 Å². The first-order valence-electron chi connectivity index (χ1n) is 10.9. The van der Waals surface area contributed by atoms with Crippen molar-refractivity contribution in [3.05, 3.63) is 77.4 Å². The van der Waals surface area contributed by atoms with Crippen molar-refractivity contribution in [1.29, 1.82) is 0 Å². The van der Waals surface area contributed by atoms with Gasteiger partial charge in [0, 0.05) is 35.6 Å². The fraction of sp³-hybridized carbons (Fsp3) is 0.269. The summed E-state index contributed by atoms with van der Waals surface area (Å²) in [4.78, 5) is 39.5. The van der Waals surface area contributed by atoms with E-state index in [0.29, 0.717) is 28.4 Å². The van der Waals surface area contributed by atoms with E-state index in [1.54, 1.807) is 54.0 Å². The van der Waals surface area contributed by atoms with Gasteiger partial charge in [0.25, 0.3) is 0 Å². The maximum atomic E-state index is 13.7. The standard InChI is InChI=1S/C26H25FN2O5/c1-16-11-21(17(2)29(16)20-8-6-7-19(27)13-20)23(30)15-34-26(32)18-12-25(31)28(14-18)22-9-4-5-10-24(22)33-3/h4-11,13,18H,12,14-15H2,1-3H3/t18-/m1/s1. The van der Waals surface area contributed by atoms with Crippen molar-refractivity contribution < 1.29 is 28.2 Å². The molecule has 1 atom stereocenters. The number of aromatic nitrogens is 1. The van der Waals surface area contributed by atoms with Crippen LogP contribution in [0.2, 0.25) is 0 Å². The number of anilines is 1. The molecular weight excluding hydrogens is 439 g/mol. The van der Waals surface area contributed by atoms with Gasteiger partial charge in [-0.05, 0) is 50.2 Å². The number of carbonyl (C=O) groups excluding carboxylic acids is 3. The van der Waals surface area contributed by atoms with Gasteiger partial charge in [0.15, 0.2) is 6.61 Å². The van der Waals surface area contributed by atoms with E-state index < -0.39 is 18.5 Å². The van der Waals surface area contributed by atoms with Gasteiger partial charge in [-0.1, -0.05) is 18.2 Å². The number of ether oxygens (including phenoxy) is 2. The van der Waals surface area contributed by atoms with Crippen LogP contribution in [0.3, 0.4) is 0 Å². The minimum atomic E-state index is -0.676. The van der Waals surface area contributed by atoms with Gasteiger partial charge in [0.05, 0.1) is 18.7 Å². The summed E-state index contributed by atoms with van der Waals surface area (Å²) in [6.07, 6.45) is -0.000837. The molecule has 0 aliphatic carbocycles. The van der Waals surface area contributed by atoms with Gasteiger partial charge < -0.3 is 18.9 Å². The third-order valence-electron chi connectivity index (χ3n) is 5.98. The monoisotopic (exact) mass is 464 g/mol. The Balaban J connectivity index is 1.42. The highest BCUT2D eigenvalue weighted by Gasteiger charge is 2.37. The number of hydrogen-bond donors (Lipinski definition) is 0. The summed E-state index contributed by atoms with van der Waals surface area (Å²) < 4.78 is 26.1.